The van der Waals surface area contributed by atoms with Crippen molar-refractivity contribution in [3.8, 4) is 0 Å². The third-order valence-electron chi connectivity index (χ3n) is 11.0. The van der Waals surface area contributed by atoms with E-state index in [9.17, 15) is 19.8 Å². The lowest BCUT2D eigenvalue weighted by molar-refractivity contribution is -0.151. The normalized spacial score (nSPS) is 13.5. The molecule has 0 spiro atoms. The summed E-state index contributed by atoms with van der Waals surface area (Å²) in [6, 6.07) is -0.706. The highest BCUT2D eigenvalue weighted by atomic mass is 16.5. The molecule has 3 atom stereocenters. The molecule has 0 saturated heterocycles. The van der Waals surface area contributed by atoms with Crippen molar-refractivity contribution in [3.63, 3.8) is 0 Å². The summed E-state index contributed by atoms with van der Waals surface area (Å²) < 4.78 is 5.87. The minimum Gasteiger partial charge on any atom is -0.462 e. The predicted octanol–water partition coefficient (Wildman–Crippen LogP) is 14.0. The molecule has 1 amide bonds. The fourth-order valence-electron chi connectivity index (χ4n) is 7.32. The Labute approximate surface area is 341 Å². The minimum absolute atomic E-state index is 0.0565. The van der Waals surface area contributed by atoms with Gasteiger partial charge in [-0.2, -0.15) is 0 Å². The predicted molar refractivity (Wildman–Crippen MR) is 236 cm³/mol. The summed E-state index contributed by atoms with van der Waals surface area (Å²) >= 11 is 0. The first kappa shape index (κ1) is 53.3. The molecule has 0 aromatic carbocycles. The van der Waals surface area contributed by atoms with Gasteiger partial charge in [-0.15, -0.1) is 0 Å². The monoisotopic (exact) mass is 776 g/mol. The van der Waals surface area contributed by atoms with E-state index in [0.717, 1.165) is 70.6 Å². The maximum absolute atomic E-state index is 13.1. The number of allylic oxidation sites excluding steroid dienone is 4. The number of carbonyl (C=O) groups excluding carboxylic acids is 2. The molecular weight excluding hydrogens is 683 g/mol. The van der Waals surface area contributed by atoms with Crippen LogP contribution in [0.1, 0.15) is 252 Å². The van der Waals surface area contributed by atoms with Gasteiger partial charge in [-0.3, -0.25) is 9.59 Å². The third-order valence-corrected chi connectivity index (χ3v) is 11.0. The highest BCUT2D eigenvalue weighted by Gasteiger charge is 2.24. The topological polar surface area (TPSA) is 95.9 Å². The molecule has 0 aliphatic rings. The van der Waals surface area contributed by atoms with Crippen LogP contribution in [0.2, 0.25) is 0 Å². The second kappa shape index (κ2) is 43.5. The Balaban J connectivity index is 4.52. The molecule has 3 N–H and O–H groups in total. The van der Waals surface area contributed by atoms with Crippen LogP contribution in [0.4, 0.5) is 0 Å². The number of nitrogens with one attached hydrogen (secondary N) is 1. The number of unbranched alkanes of at least 4 members (excludes halogenated alkanes) is 27. The largest absolute Gasteiger partial charge is 0.462 e. The molecule has 3 unspecified atom stereocenters. The van der Waals surface area contributed by atoms with Crippen LogP contribution in [0, 0.1) is 0 Å². The van der Waals surface area contributed by atoms with Crippen LogP contribution in [0.25, 0.3) is 0 Å². The summed E-state index contributed by atoms with van der Waals surface area (Å²) in [7, 11) is 0. The molecule has 6 heteroatoms. The molecule has 0 aromatic rings. The van der Waals surface area contributed by atoms with Crippen molar-refractivity contribution in [2.75, 3.05) is 6.61 Å². The van der Waals surface area contributed by atoms with E-state index in [1.54, 1.807) is 0 Å². The smallest absolute Gasteiger partial charge is 0.306 e. The Morgan fingerprint density at radius 1 is 0.509 bits per heavy atom. The zero-order chi connectivity index (χ0) is 40.3. The lowest BCUT2D eigenvalue weighted by Crippen LogP contribution is -2.46. The van der Waals surface area contributed by atoms with Crippen molar-refractivity contribution in [3.05, 3.63) is 24.3 Å². The molecule has 0 saturated carbocycles. The lowest BCUT2D eigenvalue weighted by atomic mass is 10.0. The molecule has 0 bridgehead atoms. The number of carbonyl (C=O) groups is 2. The van der Waals surface area contributed by atoms with Crippen LogP contribution in [0.15, 0.2) is 24.3 Å². The molecule has 0 aliphatic carbocycles. The average molecular weight is 776 g/mol. The number of esters is 1. The first-order valence-corrected chi connectivity index (χ1v) is 24.1. The number of hydrogen-bond donors (Lipinski definition) is 3. The van der Waals surface area contributed by atoms with Gasteiger partial charge in [0.1, 0.15) is 6.10 Å². The lowest BCUT2D eigenvalue weighted by Gasteiger charge is -2.24. The maximum atomic E-state index is 13.1. The molecule has 0 heterocycles. The molecular formula is C49H93NO5. The molecule has 0 fully saturated rings. The standard InChI is InChI=1S/C49H93NO5/c1-4-7-10-13-16-19-22-23-24-25-27-29-32-35-38-41-47(52)46(44-51)50-48(53)43-45(40-37-34-31-28-26-20-17-14-11-8-5-2)55-49(54)42-39-36-33-30-21-18-15-12-9-6-3/h12,15,28,31,45-47,51-52H,4-11,13-14,16-27,29-30,32-44H2,1-3H3,(H,50,53)/b15-12-,31-28-. The number of ether oxygens (including phenoxy) is 1. The van der Waals surface area contributed by atoms with Gasteiger partial charge in [-0.25, -0.2) is 0 Å². The van der Waals surface area contributed by atoms with Crippen LogP contribution in [0.5, 0.6) is 0 Å². The molecule has 0 rings (SSSR count). The van der Waals surface area contributed by atoms with Crippen LogP contribution in [0.3, 0.4) is 0 Å². The van der Waals surface area contributed by atoms with E-state index in [2.05, 4.69) is 50.4 Å². The highest BCUT2D eigenvalue weighted by molar-refractivity contribution is 5.77. The first-order valence-electron chi connectivity index (χ1n) is 24.1. The van der Waals surface area contributed by atoms with E-state index >= 15 is 0 Å². The van der Waals surface area contributed by atoms with E-state index in [0.29, 0.717) is 19.3 Å². The van der Waals surface area contributed by atoms with E-state index < -0.39 is 18.2 Å². The molecule has 324 valence electrons. The molecule has 0 aliphatic heterocycles. The van der Waals surface area contributed by atoms with E-state index in [4.69, 9.17) is 4.74 Å². The summed E-state index contributed by atoms with van der Waals surface area (Å²) in [5.74, 6) is -0.509. The second-order valence-electron chi connectivity index (χ2n) is 16.5. The van der Waals surface area contributed by atoms with Gasteiger partial charge in [-0.05, 0) is 64.2 Å². The average Bonchev–Trinajstić information content (AvgIpc) is 3.18. The van der Waals surface area contributed by atoms with Crippen molar-refractivity contribution < 1.29 is 24.5 Å². The number of aliphatic hydroxyl groups excluding tert-OH is 2. The van der Waals surface area contributed by atoms with Crippen molar-refractivity contribution in [1.29, 1.82) is 0 Å². The van der Waals surface area contributed by atoms with Gasteiger partial charge in [0.25, 0.3) is 0 Å². The van der Waals surface area contributed by atoms with Crippen molar-refractivity contribution in [1.82, 2.24) is 5.32 Å². The van der Waals surface area contributed by atoms with E-state index in [-0.39, 0.29) is 24.9 Å². The summed E-state index contributed by atoms with van der Waals surface area (Å²) in [6.45, 7) is 6.41. The molecule has 0 aromatic heterocycles. The SMILES string of the molecule is CCC/C=C\CCCCCCCC(=O)OC(CCC/C=C\CCCCCCCC)CC(=O)NC(CO)C(O)CCCCCCCCCCCCCCCCC. The maximum Gasteiger partial charge on any atom is 0.306 e. The van der Waals surface area contributed by atoms with Crippen LogP contribution in [-0.2, 0) is 14.3 Å². The van der Waals surface area contributed by atoms with Crippen molar-refractivity contribution in [2.24, 2.45) is 0 Å². The van der Waals surface area contributed by atoms with Gasteiger partial charge in [-0.1, -0.05) is 199 Å². The zero-order valence-corrected chi connectivity index (χ0v) is 36.8. The number of aliphatic hydroxyl groups is 2. The van der Waals surface area contributed by atoms with Gasteiger partial charge in [0, 0.05) is 6.42 Å². The third kappa shape index (κ3) is 39.0. The minimum atomic E-state index is -0.791. The zero-order valence-electron chi connectivity index (χ0n) is 36.8. The Bertz CT molecular complexity index is 873. The number of rotatable bonds is 43. The van der Waals surface area contributed by atoms with E-state index in [1.165, 1.54) is 135 Å². The summed E-state index contributed by atoms with van der Waals surface area (Å²) in [5.41, 5.74) is 0. The highest BCUT2D eigenvalue weighted by Crippen LogP contribution is 2.17. The second-order valence-corrected chi connectivity index (χ2v) is 16.5. The van der Waals surface area contributed by atoms with Crippen molar-refractivity contribution in [2.45, 2.75) is 270 Å². The fourth-order valence-corrected chi connectivity index (χ4v) is 7.32. The number of amides is 1. The Morgan fingerprint density at radius 2 is 0.927 bits per heavy atom. The Morgan fingerprint density at radius 3 is 1.40 bits per heavy atom. The van der Waals surface area contributed by atoms with Gasteiger partial charge in [0.15, 0.2) is 0 Å². The summed E-state index contributed by atoms with van der Waals surface area (Å²) in [5, 5.41) is 23.7. The first-order chi connectivity index (χ1) is 27.0. The summed E-state index contributed by atoms with van der Waals surface area (Å²) in [6.07, 6.45) is 48.1. The van der Waals surface area contributed by atoms with Gasteiger partial charge < -0.3 is 20.3 Å². The van der Waals surface area contributed by atoms with Gasteiger partial charge >= 0.3 is 5.97 Å². The Hall–Kier alpha value is -1.66. The molecule has 6 nitrogen and oxygen atoms in total. The fraction of sp³-hybridized carbons (Fsp3) is 0.878. The Kier molecular flexibility index (Phi) is 42.2. The quantitative estimate of drug-likeness (QED) is 0.0326. The van der Waals surface area contributed by atoms with Crippen molar-refractivity contribution >= 4 is 11.9 Å². The van der Waals surface area contributed by atoms with Gasteiger partial charge in [0.2, 0.25) is 5.91 Å². The molecule has 55 heavy (non-hydrogen) atoms. The molecule has 0 radical (unpaired) electrons. The van der Waals surface area contributed by atoms with Gasteiger partial charge in [0.05, 0.1) is 25.2 Å². The summed E-state index contributed by atoms with van der Waals surface area (Å²) in [4.78, 5) is 25.9. The van der Waals surface area contributed by atoms with Crippen LogP contribution < -0.4 is 5.32 Å². The number of hydrogen-bond acceptors (Lipinski definition) is 5. The van der Waals surface area contributed by atoms with E-state index in [1.807, 2.05) is 0 Å². The van der Waals surface area contributed by atoms with Crippen LogP contribution in [-0.4, -0.2) is 46.9 Å². The van der Waals surface area contributed by atoms with Crippen LogP contribution >= 0.6 is 0 Å².